The molecule has 0 fully saturated rings. The molecule has 180 valence electrons. The maximum Gasteiger partial charge on any atom is 0.340 e. The van der Waals surface area contributed by atoms with Crippen LogP contribution in [0.3, 0.4) is 0 Å². The number of nitrogens with one attached hydrogen (secondary N) is 1. The molecule has 3 N–H and O–H groups in total. The number of esters is 1. The molecule has 0 unspecified atom stereocenters. The fourth-order valence-electron chi connectivity index (χ4n) is 4.29. The van der Waals surface area contributed by atoms with Gasteiger partial charge in [0.15, 0.2) is 14.5 Å². The number of anilines is 1. The van der Waals surface area contributed by atoms with Gasteiger partial charge in [-0.15, -0.1) is 0 Å². The highest BCUT2D eigenvalue weighted by Gasteiger charge is 2.53. The molecule has 0 aromatic heterocycles. The molecule has 0 saturated carbocycles. The van der Waals surface area contributed by atoms with Gasteiger partial charge in [-0.3, -0.25) is 4.79 Å². The second-order valence-corrected chi connectivity index (χ2v) is 12.7. The Balaban J connectivity index is 1.54. The van der Waals surface area contributed by atoms with E-state index in [2.05, 4.69) is 5.32 Å². The van der Waals surface area contributed by atoms with Crippen LogP contribution >= 0.6 is 10.8 Å². The van der Waals surface area contributed by atoms with Crippen molar-refractivity contribution in [2.24, 2.45) is 0 Å². The molecule has 0 atom stereocenters. The number of phenolic OH excluding ortho intramolecular Hbond substituents is 2. The van der Waals surface area contributed by atoms with E-state index in [0.29, 0.717) is 33.2 Å². The zero-order chi connectivity index (χ0) is 25.0. The van der Waals surface area contributed by atoms with Crippen molar-refractivity contribution in [3.8, 4) is 23.0 Å². The number of benzene rings is 3. The van der Waals surface area contributed by atoms with Crippen LogP contribution in [0.25, 0.3) is 0 Å². The lowest BCUT2D eigenvalue weighted by Gasteiger charge is -2.36. The average molecular weight is 514 g/mol. The molecule has 11 heteroatoms. The van der Waals surface area contributed by atoms with Gasteiger partial charge in [0.1, 0.15) is 23.0 Å². The van der Waals surface area contributed by atoms with Gasteiger partial charge in [0.25, 0.3) is 0 Å². The lowest BCUT2D eigenvalue weighted by Crippen LogP contribution is -2.32. The summed E-state index contributed by atoms with van der Waals surface area (Å²) < 4.78 is 34.4. The Morgan fingerprint density at radius 3 is 2.17 bits per heavy atom. The summed E-state index contributed by atoms with van der Waals surface area (Å²) in [7, 11) is -2.56. The van der Waals surface area contributed by atoms with Gasteiger partial charge >= 0.3 is 5.97 Å². The molecule has 2 aliphatic rings. The maximum absolute atomic E-state index is 13.1. The topological polar surface area (TPSA) is 139 Å². The lowest BCUT2D eigenvalue weighted by atomic mass is 9.77. The maximum atomic E-state index is 13.1. The van der Waals surface area contributed by atoms with Crippen molar-refractivity contribution >= 4 is 37.2 Å². The Labute approximate surface area is 204 Å². The number of ether oxygens (including phenoxy) is 2. The van der Waals surface area contributed by atoms with Gasteiger partial charge in [-0.1, -0.05) is 6.07 Å². The molecule has 0 saturated heterocycles. The van der Waals surface area contributed by atoms with E-state index in [4.69, 9.17) is 9.47 Å². The molecule has 9 nitrogen and oxygen atoms in total. The predicted molar refractivity (Wildman–Crippen MR) is 129 cm³/mol. The molecule has 0 radical (unpaired) electrons. The third-order valence-electron chi connectivity index (χ3n) is 5.68. The fraction of sp³-hybridized carbons (Fsp3) is 0.167. The summed E-state index contributed by atoms with van der Waals surface area (Å²) in [6, 6.07) is 13.7. The normalized spacial score (nSPS) is 14.9. The number of aromatic hydroxyl groups is 2. The highest BCUT2D eigenvalue weighted by molar-refractivity contribution is 8.71. The molecular formula is C24H19NO8S2. The van der Waals surface area contributed by atoms with Gasteiger partial charge in [-0.2, -0.15) is 0 Å². The first-order valence-corrected chi connectivity index (χ1v) is 13.8. The zero-order valence-electron chi connectivity index (χ0n) is 18.3. The van der Waals surface area contributed by atoms with E-state index in [0.717, 1.165) is 6.26 Å². The summed E-state index contributed by atoms with van der Waals surface area (Å²) in [5, 5.41) is 22.6. The SMILES string of the molecule is CS(=O)(=O)SCCC(=O)Nc1ccc2c(c1)C(=O)OC21c2ccc(O)cc2Oc2cc(O)ccc21. The van der Waals surface area contributed by atoms with E-state index in [1.54, 1.807) is 24.3 Å². The molecule has 1 spiro atoms. The van der Waals surface area contributed by atoms with Crippen molar-refractivity contribution in [3.63, 3.8) is 0 Å². The summed E-state index contributed by atoms with van der Waals surface area (Å²) in [6.45, 7) is 0. The first-order chi connectivity index (χ1) is 16.6. The molecule has 0 bridgehead atoms. The average Bonchev–Trinajstić information content (AvgIpc) is 3.05. The second-order valence-electron chi connectivity index (χ2n) is 8.12. The number of hydrogen-bond donors (Lipinski definition) is 3. The Hall–Kier alpha value is -3.70. The monoisotopic (exact) mass is 513 g/mol. The van der Waals surface area contributed by atoms with E-state index in [1.807, 2.05) is 0 Å². The number of carbonyl (C=O) groups is 2. The van der Waals surface area contributed by atoms with Crippen LogP contribution in [0.4, 0.5) is 5.69 Å². The number of amides is 1. The number of phenols is 2. The van der Waals surface area contributed by atoms with Crippen molar-refractivity contribution in [2.45, 2.75) is 12.0 Å². The van der Waals surface area contributed by atoms with E-state index in [1.165, 1.54) is 30.3 Å². The largest absolute Gasteiger partial charge is 0.508 e. The minimum atomic E-state index is -3.24. The fourth-order valence-corrected chi connectivity index (χ4v) is 6.02. The zero-order valence-corrected chi connectivity index (χ0v) is 19.9. The van der Waals surface area contributed by atoms with Gasteiger partial charge in [0.2, 0.25) is 5.91 Å². The summed E-state index contributed by atoms with van der Waals surface area (Å²) in [6.07, 6.45) is 1.06. The lowest BCUT2D eigenvalue weighted by molar-refractivity contribution is -0.115. The molecule has 2 heterocycles. The van der Waals surface area contributed by atoms with Gasteiger partial charge < -0.3 is 25.0 Å². The first-order valence-electron chi connectivity index (χ1n) is 10.4. The Kier molecular flexibility index (Phi) is 5.41. The third kappa shape index (κ3) is 4.06. The van der Waals surface area contributed by atoms with Crippen molar-refractivity contribution in [3.05, 3.63) is 76.9 Å². The van der Waals surface area contributed by atoms with Crippen LogP contribution < -0.4 is 10.1 Å². The summed E-state index contributed by atoms with van der Waals surface area (Å²) >= 11 is 0. The highest BCUT2D eigenvalue weighted by atomic mass is 33.1. The molecule has 1 amide bonds. The van der Waals surface area contributed by atoms with Crippen LogP contribution in [-0.4, -0.2) is 42.5 Å². The third-order valence-corrected chi connectivity index (χ3v) is 8.27. The summed E-state index contributed by atoms with van der Waals surface area (Å²) in [4.78, 5) is 25.3. The smallest absolute Gasteiger partial charge is 0.340 e. The van der Waals surface area contributed by atoms with E-state index < -0.39 is 26.3 Å². The number of rotatable bonds is 5. The van der Waals surface area contributed by atoms with E-state index >= 15 is 0 Å². The highest BCUT2D eigenvalue weighted by Crippen LogP contribution is 2.57. The molecule has 2 aliphatic heterocycles. The molecule has 5 rings (SSSR count). The standard InChI is InChI=1S/C24H19NO8S2/c1-35(30,31)34-9-8-22(28)25-13-2-5-17-16(10-13)23(29)33-24(17)18-6-3-14(26)11-20(18)32-21-12-15(27)4-7-19(21)24/h2-7,10-12,26-27H,8-9H2,1H3,(H,25,28). The van der Waals surface area contributed by atoms with Crippen LogP contribution in [0.2, 0.25) is 0 Å². The Morgan fingerprint density at radius 1 is 0.971 bits per heavy atom. The van der Waals surface area contributed by atoms with Crippen molar-refractivity contribution in [1.82, 2.24) is 0 Å². The van der Waals surface area contributed by atoms with Crippen LogP contribution in [-0.2, 0) is 24.0 Å². The minimum absolute atomic E-state index is 0.0196. The molecule has 3 aromatic carbocycles. The van der Waals surface area contributed by atoms with E-state index in [-0.39, 0.29) is 40.7 Å². The van der Waals surface area contributed by atoms with E-state index in [9.17, 15) is 28.2 Å². The van der Waals surface area contributed by atoms with Gasteiger partial charge in [0.05, 0.1) is 5.56 Å². The van der Waals surface area contributed by atoms with Gasteiger partial charge in [0, 0.05) is 52.9 Å². The number of fused-ring (bicyclic) bond motifs is 6. The van der Waals surface area contributed by atoms with Gasteiger partial charge in [-0.05, 0) is 47.2 Å². The van der Waals surface area contributed by atoms with Crippen molar-refractivity contribution in [1.29, 1.82) is 0 Å². The van der Waals surface area contributed by atoms with Crippen LogP contribution in [0.5, 0.6) is 23.0 Å². The minimum Gasteiger partial charge on any atom is -0.508 e. The Bertz CT molecular complexity index is 1450. The molecular weight excluding hydrogens is 494 g/mol. The van der Waals surface area contributed by atoms with Crippen LogP contribution in [0.1, 0.15) is 33.5 Å². The quantitative estimate of drug-likeness (QED) is 0.344. The molecule has 35 heavy (non-hydrogen) atoms. The number of hydrogen-bond acceptors (Lipinski definition) is 9. The Morgan fingerprint density at radius 2 is 1.57 bits per heavy atom. The van der Waals surface area contributed by atoms with Crippen LogP contribution in [0, 0.1) is 0 Å². The second kappa shape index (κ2) is 8.21. The van der Waals surface area contributed by atoms with Crippen molar-refractivity contribution < 1.29 is 37.7 Å². The predicted octanol–water partition coefficient (Wildman–Crippen LogP) is 3.69. The molecule has 3 aromatic rings. The summed E-state index contributed by atoms with van der Waals surface area (Å²) in [5.74, 6) is -0.459. The van der Waals surface area contributed by atoms with Crippen molar-refractivity contribution in [2.75, 3.05) is 17.3 Å². The van der Waals surface area contributed by atoms with Gasteiger partial charge in [-0.25, -0.2) is 13.2 Å². The number of carbonyl (C=O) groups excluding carboxylic acids is 2. The van der Waals surface area contributed by atoms with Crippen LogP contribution in [0.15, 0.2) is 54.6 Å². The first kappa shape index (κ1) is 23.1. The summed E-state index contributed by atoms with van der Waals surface area (Å²) in [5.41, 5.74) is 0.704. The molecule has 0 aliphatic carbocycles.